The minimum atomic E-state index is 0.188. The van der Waals surface area contributed by atoms with Crippen molar-refractivity contribution in [3.05, 3.63) is 48.0 Å². The largest absolute Gasteiger partial charge is 0.506 e. The molecule has 0 amide bonds. The number of nitrogens with one attached hydrogen (secondary N) is 2. The van der Waals surface area contributed by atoms with Crippen molar-refractivity contribution >= 4 is 28.4 Å². The first-order valence-corrected chi connectivity index (χ1v) is 8.79. The minimum absolute atomic E-state index is 0.188. The minimum Gasteiger partial charge on any atom is -0.506 e. The van der Waals surface area contributed by atoms with E-state index >= 15 is 0 Å². The van der Waals surface area contributed by atoms with Gasteiger partial charge < -0.3 is 15.7 Å². The molecule has 0 unspecified atom stereocenters. The van der Waals surface area contributed by atoms with Gasteiger partial charge in [0.25, 0.3) is 0 Å². The van der Waals surface area contributed by atoms with Gasteiger partial charge in [0.15, 0.2) is 0 Å². The molecule has 5 nitrogen and oxygen atoms in total. The second-order valence-corrected chi connectivity index (χ2v) is 6.68. The number of fused-ring (bicyclic) bond motifs is 1. The van der Waals surface area contributed by atoms with Gasteiger partial charge in [0, 0.05) is 11.4 Å². The molecule has 0 saturated heterocycles. The van der Waals surface area contributed by atoms with Gasteiger partial charge in [0.2, 0.25) is 5.95 Å². The van der Waals surface area contributed by atoms with Crippen LogP contribution in [-0.4, -0.2) is 21.1 Å². The summed E-state index contributed by atoms with van der Waals surface area (Å²) < 4.78 is 0. The maximum atomic E-state index is 10.1. The topological polar surface area (TPSA) is 70.1 Å². The quantitative estimate of drug-likeness (QED) is 0.601. The lowest BCUT2D eigenvalue weighted by Gasteiger charge is -2.16. The zero-order valence-electron chi connectivity index (χ0n) is 14.3. The number of para-hydroxylation sites is 1. The molecule has 3 N–H and O–H groups in total. The summed E-state index contributed by atoms with van der Waals surface area (Å²) in [5.74, 6) is 1.53. The summed E-state index contributed by atoms with van der Waals surface area (Å²) in [7, 11) is 0. The Morgan fingerprint density at radius 2 is 1.84 bits per heavy atom. The van der Waals surface area contributed by atoms with E-state index in [4.69, 9.17) is 0 Å². The predicted octanol–water partition coefficient (Wildman–Crippen LogP) is 4.74. The monoisotopic (exact) mass is 334 g/mol. The molecule has 1 aliphatic carbocycles. The van der Waals surface area contributed by atoms with Crippen molar-refractivity contribution in [3.8, 4) is 5.75 Å². The van der Waals surface area contributed by atoms with Crippen LogP contribution < -0.4 is 10.6 Å². The van der Waals surface area contributed by atoms with Gasteiger partial charge in [-0.2, -0.15) is 4.98 Å². The molecule has 0 aliphatic heterocycles. The third kappa shape index (κ3) is 3.36. The van der Waals surface area contributed by atoms with E-state index in [1.807, 2.05) is 43.3 Å². The Bertz CT molecular complexity index is 903. The number of benzene rings is 2. The molecule has 0 bridgehead atoms. The van der Waals surface area contributed by atoms with Crippen LogP contribution in [0.5, 0.6) is 5.75 Å². The Kier molecular flexibility index (Phi) is 4.14. The van der Waals surface area contributed by atoms with Gasteiger partial charge in [-0.05, 0) is 49.6 Å². The maximum absolute atomic E-state index is 10.1. The molecule has 2 aromatic carbocycles. The van der Waals surface area contributed by atoms with E-state index in [2.05, 4.69) is 20.6 Å². The molecular formula is C20H22N4O. The summed E-state index contributed by atoms with van der Waals surface area (Å²) in [6.07, 6.45) is 4.89. The summed E-state index contributed by atoms with van der Waals surface area (Å²) in [6.45, 7) is 1.99. The van der Waals surface area contributed by atoms with Crippen LogP contribution in [0.1, 0.15) is 31.2 Å². The number of hydrogen-bond donors (Lipinski definition) is 3. The predicted molar refractivity (Wildman–Crippen MR) is 102 cm³/mol. The zero-order valence-corrected chi connectivity index (χ0v) is 14.3. The normalized spacial score (nSPS) is 14.8. The first-order chi connectivity index (χ1) is 12.2. The molecule has 1 heterocycles. The van der Waals surface area contributed by atoms with Gasteiger partial charge in [-0.15, -0.1) is 0 Å². The molecule has 1 aliphatic rings. The highest BCUT2D eigenvalue weighted by atomic mass is 16.3. The number of nitrogens with zero attached hydrogens (tertiary/aromatic N) is 2. The molecule has 1 saturated carbocycles. The van der Waals surface area contributed by atoms with Crippen molar-refractivity contribution in [1.82, 2.24) is 9.97 Å². The van der Waals surface area contributed by atoms with Crippen LogP contribution in [0.15, 0.2) is 42.5 Å². The van der Waals surface area contributed by atoms with Crippen molar-refractivity contribution < 1.29 is 5.11 Å². The fraction of sp³-hybridized carbons (Fsp3) is 0.300. The van der Waals surface area contributed by atoms with Crippen molar-refractivity contribution in [2.75, 3.05) is 10.6 Å². The van der Waals surface area contributed by atoms with Crippen LogP contribution in [0.2, 0.25) is 0 Å². The highest BCUT2D eigenvalue weighted by Gasteiger charge is 2.17. The number of aromatic hydroxyl groups is 1. The first kappa shape index (κ1) is 15.7. The fourth-order valence-corrected chi connectivity index (χ4v) is 3.38. The lowest BCUT2D eigenvalue weighted by molar-refractivity contribution is 0.477. The molecule has 0 radical (unpaired) electrons. The van der Waals surface area contributed by atoms with Crippen molar-refractivity contribution in [3.63, 3.8) is 0 Å². The van der Waals surface area contributed by atoms with Crippen molar-refractivity contribution in [1.29, 1.82) is 0 Å². The molecule has 128 valence electrons. The van der Waals surface area contributed by atoms with Crippen LogP contribution in [0.3, 0.4) is 0 Å². The van der Waals surface area contributed by atoms with E-state index in [-0.39, 0.29) is 5.75 Å². The third-order valence-corrected chi connectivity index (χ3v) is 4.70. The van der Waals surface area contributed by atoms with E-state index in [0.717, 1.165) is 22.3 Å². The smallest absolute Gasteiger partial charge is 0.229 e. The number of phenols is 1. The average molecular weight is 334 g/mol. The highest BCUT2D eigenvalue weighted by Crippen LogP contribution is 2.30. The average Bonchev–Trinajstić information content (AvgIpc) is 3.11. The zero-order chi connectivity index (χ0) is 17.2. The number of rotatable bonds is 4. The molecule has 25 heavy (non-hydrogen) atoms. The summed E-state index contributed by atoms with van der Waals surface area (Å²) in [6, 6.07) is 13.9. The van der Waals surface area contributed by atoms with Crippen LogP contribution in [-0.2, 0) is 0 Å². The maximum Gasteiger partial charge on any atom is 0.229 e. The summed E-state index contributed by atoms with van der Waals surface area (Å²) in [5, 5.41) is 17.8. The third-order valence-electron chi connectivity index (χ3n) is 4.70. The molecule has 0 spiro atoms. The lowest BCUT2D eigenvalue weighted by Crippen LogP contribution is -2.16. The van der Waals surface area contributed by atoms with Crippen LogP contribution >= 0.6 is 0 Å². The lowest BCUT2D eigenvalue weighted by atomic mass is 10.2. The summed E-state index contributed by atoms with van der Waals surface area (Å²) in [5.41, 5.74) is 2.56. The summed E-state index contributed by atoms with van der Waals surface area (Å²) in [4.78, 5) is 9.29. The molecule has 5 heteroatoms. The van der Waals surface area contributed by atoms with Gasteiger partial charge >= 0.3 is 0 Å². The Morgan fingerprint density at radius 3 is 2.68 bits per heavy atom. The van der Waals surface area contributed by atoms with Crippen LogP contribution in [0.25, 0.3) is 10.9 Å². The SMILES string of the molecule is Cc1ccc(O)c(Nc2nc(NC3CCCC3)c3ccccc3n2)c1. The Hall–Kier alpha value is -2.82. The highest BCUT2D eigenvalue weighted by molar-refractivity contribution is 5.90. The number of hydrogen-bond acceptors (Lipinski definition) is 5. The fourth-order valence-electron chi connectivity index (χ4n) is 3.38. The van der Waals surface area contributed by atoms with Gasteiger partial charge in [-0.1, -0.05) is 31.0 Å². The number of anilines is 3. The van der Waals surface area contributed by atoms with Gasteiger partial charge in [0.1, 0.15) is 11.6 Å². The van der Waals surface area contributed by atoms with Gasteiger partial charge in [0.05, 0.1) is 11.2 Å². The molecule has 1 aromatic heterocycles. The van der Waals surface area contributed by atoms with Crippen LogP contribution in [0, 0.1) is 6.92 Å². The molecule has 3 aromatic rings. The molecular weight excluding hydrogens is 312 g/mol. The molecule has 4 rings (SSSR count). The van der Waals surface area contributed by atoms with Crippen LogP contribution in [0.4, 0.5) is 17.5 Å². The molecule has 0 atom stereocenters. The number of phenolic OH excluding ortho intramolecular Hbond substituents is 1. The Balaban J connectivity index is 1.72. The van der Waals surface area contributed by atoms with Gasteiger partial charge in [-0.3, -0.25) is 0 Å². The van der Waals surface area contributed by atoms with E-state index in [0.29, 0.717) is 17.7 Å². The van der Waals surface area contributed by atoms with Crippen molar-refractivity contribution in [2.24, 2.45) is 0 Å². The Labute approximate surface area is 147 Å². The standard InChI is InChI=1S/C20H22N4O/c1-13-10-11-18(25)17(12-13)23-20-22-16-9-5-4-8-15(16)19(24-20)21-14-6-2-3-7-14/h4-5,8-12,14,25H,2-3,6-7H2,1H3,(H2,21,22,23,24). The van der Waals surface area contributed by atoms with Crippen molar-refractivity contribution in [2.45, 2.75) is 38.6 Å². The summed E-state index contributed by atoms with van der Waals surface area (Å²) >= 11 is 0. The molecule has 1 fully saturated rings. The first-order valence-electron chi connectivity index (χ1n) is 8.79. The van der Waals surface area contributed by atoms with E-state index in [9.17, 15) is 5.11 Å². The second kappa shape index (κ2) is 6.59. The second-order valence-electron chi connectivity index (χ2n) is 6.68. The van der Waals surface area contributed by atoms with E-state index in [1.54, 1.807) is 6.07 Å². The van der Waals surface area contributed by atoms with Gasteiger partial charge in [-0.25, -0.2) is 4.98 Å². The Morgan fingerprint density at radius 1 is 1.04 bits per heavy atom. The van der Waals surface area contributed by atoms with E-state index < -0.39 is 0 Å². The number of aromatic nitrogens is 2. The number of aryl methyl sites for hydroxylation is 1. The van der Waals surface area contributed by atoms with E-state index in [1.165, 1.54) is 25.7 Å².